The molecule has 1 saturated heterocycles. The highest BCUT2D eigenvalue weighted by Crippen LogP contribution is 2.29. The zero-order valence-corrected chi connectivity index (χ0v) is 17.7. The molecular formula is C24H29FN4O2. The minimum atomic E-state index is -0.555. The number of amides is 2. The Hall–Kier alpha value is -2.96. The molecule has 7 heteroatoms. The lowest BCUT2D eigenvalue weighted by Crippen LogP contribution is -2.49. The van der Waals surface area contributed by atoms with Gasteiger partial charge in [0.05, 0.1) is 17.4 Å². The van der Waals surface area contributed by atoms with Crippen LogP contribution in [0.4, 0.5) is 15.9 Å². The number of carbonyl (C=O) groups is 2. The molecule has 1 aliphatic carbocycles. The number of aromatic nitrogens is 1. The molecule has 0 radical (unpaired) electrons. The summed E-state index contributed by atoms with van der Waals surface area (Å²) >= 11 is 0. The highest BCUT2D eigenvalue weighted by molar-refractivity contribution is 6.04. The second-order valence-corrected chi connectivity index (χ2v) is 8.40. The van der Waals surface area contributed by atoms with Crippen molar-refractivity contribution in [1.82, 2.24) is 9.88 Å². The van der Waals surface area contributed by atoms with Crippen molar-refractivity contribution < 1.29 is 14.0 Å². The molecule has 2 aromatic rings. The highest BCUT2D eigenvalue weighted by Gasteiger charge is 2.23. The Bertz CT molecular complexity index is 904. The molecule has 31 heavy (non-hydrogen) atoms. The summed E-state index contributed by atoms with van der Waals surface area (Å²) in [4.78, 5) is 33.3. The van der Waals surface area contributed by atoms with Gasteiger partial charge in [-0.05, 0) is 36.6 Å². The standard InChI is InChI=1S/C24H29FN4O2/c25-21-8-4-3-7-20(21)24(31)27-19-10-11-22(26-17-19)28-13-15-29(16-14-28)23(30)12-9-18-5-1-2-6-18/h3-4,7-8,10-11,17-18H,1-2,5-6,9,12-16H2,(H,27,31). The van der Waals surface area contributed by atoms with Crippen molar-refractivity contribution in [3.63, 3.8) is 0 Å². The predicted molar refractivity (Wildman–Crippen MR) is 119 cm³/mol. The van der Waals surface area contributed by atoms with Gasteiger partial charge < -0.3 is 15.1 Å². The Morgan fingerprint density at radius 2 is 1.77 bits per heavy atom. The molecule has 2 heterocycles. The number of nitrogens with one attached hydrogen (secondary N) is 1. The van der Waals surface area contributed by atoms with Gasteiger partial charge in [0, 0.05) is 32.6 Å². The lowest BCUT2D eigenvalue weighted by Gasteiger charge is -2.35. The largest absolute Gasteiger partial charge is 0.353 e. The molecule has 0 spiro atoms. The summed E-state index contributed by atoms with van der Waals surface area (Å²) in [5.74, 6) is 0.761. The van der Waals surface area contributed by atoms with Gasteiger partial charge in [-0.15, -0.1) is 0 Å². The van der Waals surface area contributed by atoms with Crippen molar-refractivity contribution in [2.24, 2.45) is 5.92 Å². The van der Waals surface area contributed by atoms with E-state index in [1.165, 1.54) is 37.8 Å². The Morgan fingerprint density at radius 1 is 1.03 bits per heavy atom. The van der Waals surface area contributed by atoms with Gasteiger partial charge in [0.15, 0.2) is 0 Å². The fraction of sp³-hybridized carbons (Fsp3) is 0.458. The van der Waals surface area contributed by atoms with Crippen LogP contribution >= 0.6 is 0 Å². The van der Waals surface area contributed by atoms with Crippen molar-refractivity contribution in [1.29, 1.82) is 0 Å². The second kappa shape index (κ2) is 9.90. The molecule has 164 valence electrons. The molecule has 1 aromatic heterocycles. The maximum absolute atomic E-state index is 13.8. The van der Waals surface area contributed by atoms with Crippen molar-refractivity contribution in [2.75, 3.05) is 36.4 Å². The smallest absolute Gasteiger partial charge is 0.258 e. The van der Waals surface area contributed by atoms with Crippen LogP contribution in [0.5, 0.6) is 0 Å². The zero-order chi connectivity index (χ0) is 21.6. The van der Waals surface area contributed by atoms with Crippen LogP contribution in [0, 0.1) is 11.7 Å². The van der Waals surface area contributed by atoms with Crippen molar-refractivity contribution in [2.45, 2.75) is 38.5 Å². The van der Waals surface area contributed by atoms with Crippen LogP contribution < -0.4 is 10.2 Å². The number of rotatable bonds is 6. The van der Waals surface area contributed by atoms with E-state index in [0.29, 0.717) is 25.2 Å². The minimum absolute atomic E-state index is 0.000275. The van der Waals surface area contributed by atoms with Crippen molar-refractivity contribution >= 4 is 23.3 Å². The maximum Gasteiger partial charge on any atom is 0.258 e. The third kappa shape index (κ3) is 5.40. The van der Waals surface area contributed by atoms with E-state index in [1.54, 1.807) is 24.4 Å². The van der Waals surface area contributed by atoms with Gasteiger partial charge in [0.25, 0.3) is 5.91 Å². The molecule has 2 fully saturated rings. The quantitative estimate of drug-likeness (QED) is 0.759. The number of benzene rings is 1. The summed E-state index contributed by atoms with van der Waals surface area (Å²) in [6, 6.07) is 9.48. The highest BCUT2D eigenvalue weighted by atomic mass is 19.1. The first-order valence-electron chi connectivity index (χ1n) is 11.1. The zero-order valence-electron chi connectivity index (χ0n) is 17.7. The number of hydrogen-bond donors (Lipinski definition) is 1. The van der Waals surface area contributed by atoms with E-state index in [1.807, 2.05) is 11.0 Å². The van der Waals surface area contributed by atoms with Gasteiger partial charge in [0.1, 0.15) is 11.6 Å². The molecule has 1 saturated carbocycles. The fourth-order valence-electron chi connectivity index (χ4n) is 4.46. The molecule has 0 unspecified atom stereocenters. The molecule has 1 N–H and O–H groups in total. The summed E-state index contributed by atoms with van der Waals surface area (Å²) in [6.07, 6.45) is 8.46. The topological polar surface area (TPSA) is 65.5 Å². The van der Waals surface area contributed by atoms with Crippen LogP contribution in [0.3, 0.4) is 0 Å². The van der Waals surface area contributed by atoms with Crippen LogP contribution in [0.15, 0.2) is 42.6 Å². The fourth-order valence-corrected chi connectivity index (χ4v) is 4.46. The van der Waals surface area contributed by atoms with Gasteiger partial charge in [-0.1, -0.05) is 37.8 Å². The molecule has 1 aliphatic heterocycles. The first kappa shape index (κ1) is 21.3. The van der Waals surface area contributed by atoms with Crippen LogP contribution in [0.2, 0.25) is 0 Å². The van der Waals surface area contributed by atoms with E-state index in [0.717, 1.165) is 31.2 Å². The average Bonchev–Trinajstić information content (AvgIpc) is 3.32. The third-order valence-corrected chi connectivity index (χ3v) is 6.32. The number of anilines is 2. The van der Waals surface area contributed by atoms with E-state index in [2.05, 4.69) is 15.2 Å². The van der Waals surface area contributed by atoms with Crippen LogP contribution in [0.25, 0.3) is 0 Å². The first-order chi connectivity index (χ1) is 15.1. The molecule has 0 bridgehead atoms. The Balaban J connectivity index is 1.26. The normalized spacial score (nSPS) is 17.1. The van der Waals surface area contributed by atoms with Crippen LogP contribution in [-0.2, 0) is 4.79 Å². The Labute approximate surface area is 182 Å². The summed E-state index contributed by atoms with van der Waals surface area (Å²) < 4.78 is 13.8. The van der Waals surface area contributed by atoms with Crippen molar-refractivity contribution in [3.05, 3.63) is 54.0 Å². The van der Waals surface area contributed by atoms with Gasteiger partial charge in [-0.25, -0.2) is 9.37 Å². The number of hydrogen-bond acceptors (Lipinski definition) is 4. The van der Waals surface area contributed by atoms with Gasteiger partial charge >= 0.3 is 0 Å². The van der Waals surface area contributed by atoms with Gasteiger partial charge in [-0.2, -0.15) is 0 Å². The van der Waals surface area contributed by atoms with Gasteiger partial charge in [0.2, 0.25) is 5.91 Å². The lowest BCUT2D eigenvalue weighted by molar-refractivity contribution is -0.131. The Kier molecular flexibility index (Phi) is 6.79. The summed E-state index contributed by atoms with van der Waals surface area (Å²) in [5, 5.41) is 2.68. The average molecular weight is 425 g/mol. The van der Waals surface area contributed by atoms with Crippen LogP contribution in [0.1, 0.15) is 48.9 Å². The van der Waals surface area contributed by atoms with Crippen molar-refractivity contribution in [3.8, 4) is 0 Å². The Morgan fingerprint density at radius 3 is 2.45 bits per heavy atom. The number of nitrogens with zero attached hydrogens (tertiary/aromatic N) is 3. The summed E-state index contributed by atoms with van der Waals surface area (Å²) in [5.41, 5.74) is 0.512. The number of piperazine rings is 1. The minimum Gasteiger partial charge on any atom is -0.353 e. The second-order valence-electron chi connectivity index (χ2n) is 8.40. The molecule has 2 aliphatic rings. The maximum atomic E-state index is 13.8. The molecule has 0 atom stereocenters. The van der Waals surface area contributed by atoms with E-state index in [9.17, 15) is 14.0 Å². The van der Waals surface area contributed by atoms with E-state index < -0.39 is 11.7 Å². The van der Waals surface area contributed by atoms with Gasteiger partial charge in [-0.3, -0.25) is 9.59 Å². The molecule has 4 rings (SSSR count). The monoisotopic (exact) mass is 424 g/mol. The SMILES string of the molecule is O=C(Nc1ccc(N2CCN(C(=O)CCC3CCCC3)CC2)nc1)c1ccccc1F. The molecule has 2 amide bonds. The summed E-state index contributed by atoms with van der Waals surface area (Å²) in [7, 11) is 0. The van der Waals surface area contributed by atoms with E-state index >= 15 is 0 Å². The third-order valence-electron chi connectivity index (χ3n) is 6.32. The number of pyridine rings is 1. The molecule has 1 aromatic carbocycles. The summed E-state index contributed by atoms with van der Waals surface area (Å²) in [6.45, 7) is 2.89. The van der Waals surface area contributed by atoms with E-state index in [4.69, 9.17) is 0 Å². The number of carbonyl (C=O) groups excluding carboxylic acids is 2. The molecular weight excluding hydrogens is 395 g/mol. The first-order valence-corrected chi connectivity index (χ1v) is 11.1. The predicted octanol–water partition coefficient (Wildman–Crippen LogP) is 4.09. The van der Waals surface area contributed by atoms with Crippen LogP contribution in [-0.4, -0.2) is 47.9 Å². The molecule has 6 nitrogen and oxygen atoms in total. The van der Waals surface area contributed by atoms with E-state index in [-0.39, 0.29) is 11.5 Å². The lowest BCUT2D eigenvalue weighted by atomic mass is 10.0. The number of halogens is 1.